The van der Waals surface area contributed by atoms with Crippen LogP contribution in [0.15, 0.2) is 30.3 Å². The number of aryl methyl sites for hydroxylation is 1. The maximum atomic E-state index is 12.7. The van der Waals surface area contributed by atoms with Crippen LogP contribution >= 0.6 is 11.6 Å². The molecule has 1 aromatic heterocycles. The molecule has 0 bridgehead atoms. The average molecular weight is 349 g/mol. The third-order valence-corrected chi connectivity index (χ3v) is 4.34. The summed E-state index contributed by atoms with van der Waals surface area (Å²) < 4.78 is 7.84. The number of hydrogen-bond donors (Lipinski definition) is 0. The largest absolute Gasteiger partial charge is 0.492 e. The van der Waals surface area contributed by atoms with Gasteiger partial charge in [-0.05, 0) is 58.0 Å². The number of hydrogen-bond acceptors (Lipinski definition) is 2. The SMILES string of the molecule is Cc1cc(C(=O)N(C)CCOc2ccc(Cl)cc2)c(C)n1C(C)C. The summed E-state index contributed by atoms with van der Waals surface area (Å²) in [5.74, 6) is 0.771. The van der Waals surface area contributed by atoms with Crippen molar-refractivity contribution in [2.45, 2.75) is 33.7 Å². The highest BCUT2D eigenvalue weighted by Gasteiger charge is 2.19. The molecule has 0 N–H and O–H groups in total. The Balaban J connectivity index is 1.97. The van der Waals surface area contributed by atoms with Crippen molar-refractivity contribution < 1.29 is 9.53 Å². The zero-order valence-corrected chi connectivity index (χ0v) is 15.7. The number of amides is 1. The number of rotatable bonds is 6. The maximum absolute atomic E-state index is 12.7. The molecule has 24 heavy (non-hydrogen) atoms. The first kappa shape index (κ1) is 18.4. The molecular formula is C19H25ClN2O2. The normalized spacial score (nSPS) is 11.0. The number of likely N-dealkylation sites (N-methyl/N-ethyl adjacent to an activating group) is 1. The van der Waals surface area contributed by atoms with Gasteiger partial charge in [-0.25, -0.2) is 0 Å². The van der Waals surface area contributed by atoms with Gasteiger partial charge in [-0.15, -0.1) is 0 Å². The Morgan fingerprint density at radius 1 is 1.25 bits per heavy atom. The molecule has 0 unspecified atom stereocenters. The van der Waals surface area contributed by atoms with Gasteiger partial charge < -0.3 is 14.2 Å². The van der Waals surface area contributed by atoms with Gasteiger partial charge >= 0.3 is 0 Å². The van der Waals surface area contributed by atoms with Gasteiger partial charge in [0.25, 0.3) is 5.91 Å². The minimum absolute atomic E-state index is 0.0229. The first-order valence-corrected chi connectivity index (χ1v) is 8.51. The van der Waals surface area contributed by atoms with E-state index in [9.17, 15) is 4.79 Å². The number of nitrogens with zero attached hydrogens (tertiary/aromatic N) is 2. The smallest absolute Gasteiger partial charge is 0.255 e. The Kier molecular flexibility index (Phi) is 5.94. The minimum Gasteiger partial charge on any atom is -0.492 e. The van der Waals surface area contributed by atoms with Crippen molar-refractivity contribution in [2.75, 3.05) is 20.2 Å². The van der Waals surface area contributed by atoms with Gasteiger partial charge in [0.1, 0.15) is 12.4 Å². The summed E-state index contributed by atoms with van der Waals surface area (Å²) >= 11 is 5.85. The number of benzene rings is 1. The molecule has 1 aromatic carbocycles. The second kappa shape index (κ2) is 7.75. The highest BCUT2D eigenvalue weighted by atomic mass is 35.5. The van der Waals surface area contributed by atoms with E-state index >= 15 is 0 Å². The molecule has 0 radical (unpaired) electrons. The summed E-state index contributed by atoms with van der Waals surface area (Å²) in [6.07, 6.45) is 0. The quantitative estimate of drug-likeness (QED) is 0.770. The lowest BCUT2D eigenvalue weighted by Crippen LogP contribution is -2.31. The van der Waals surface area contributed by atoms with Crippen molar-refractivity contribution in [1.29, 1.82) is 0 Å². The molecule has 2 aromatic rings. The molecular weight excluding hydrogens is 324 g/mol. The van der Waals surface area contributed by atoms with E-state index in [0.717, 1.165) is 22.7 Å². The fourth-order valence-electron chi connectivity index (χ4n) is 2.93. The van der Waals surface area contributed by atoms with Crippen molar-refractivity contribution in [3.05, 3.63) is 52.3 Å². The van der Waals surface area contributed by atoms with Gasteiger partial charge in [-0.3, -0.25) is 4.79 Å². The molecule has 5 heteroatoms. The van der Waals surface area contributed by atoms with E-state index in [4.69, 9.17) is 16.3 Å². The summed E-state index contributed by atoms with van der Waals surface area (Å²) in [4.78, 5) is 14.4. The van der Waals surface area contributed by atoms with Crippen LogP contribution in [-0.4, -0.2) is 35.6 Å². The van der Waals surface area contributed by atoms with E-state index < -0.39 is 0 Å². The van der Waals surface area contributed by atoms with Gasteiger partial charge in [-0.2, -0.15) is 0 Å². The Hall–Kier alpha value is -1.94. The van der Waals surface area contributed by atoms with Crippen LogP contribution < -0.4 is 4.74 Å². The third kappa shape index (κ3) is 4.12. The Bertz CT molecular complexity index is 705. The second-order valence-electron chi connectivity index (χ2n) is 6.28. The standard InChI is InChI=1S/C19H25ClN2O2/c1-13(2)22-14(3)12-18(15(22)4)19(23)21(5)10-11-24-17-8-6-16(20)7-9-17/h6-9,12-13H,10-11H2,1-5H3. The first-order chi connectivity index (χ1) is 11.3. The summed E-state index contributed by atoms with van der Waals surface area (Å²) in [6, 6.07) is 9.51. The lowest BCUT2D eigenvalue weighted by molar-refractivity contribution is 0.0773. The summed E-state index contributed by atoms with van der Waals surface area (Å²) in [5.41, 5.74) is 2.88. The van der Waals surface area contributed by atoms with Gasteiger partial charge in [0.05, 0.1) is 12.1 Å². The molecule has 1 amide bonds. The second-order valence-corrected chi connectivity index (χ2v) is 6.71. The van der Waals surface area contributed by atoms with E-state index in [1.165, 1.54) is 0 Å². The lowest BCUT2D eigenvalue weighted by atomic mass is 10.2. The van der Waals surface area contributed by atoms with Crippen LogP contribution in [0.25, 0.3) is 0 Å². The Morgan fingerprint density at radius 2 is 1.88 bits per heavy atom. The van der Waals surface area contributed by atoms with Crippen LogP contribution in [0, 0.1) is 13.8 Å². The number of carbonyl (C=O) groups is 1. The molecule has 0 saturated carbocycles. The Morgan fingerprint density at radius 3 is 2.42 bits per heavy atom. The summed E-state index contributed by atoms with van der Waals surface area (Å²) in [6.45, 7) is 9.24. The molecule has 0 spiro atoms. The van der Waals surface area contributed by atoms with Gasteiger partial charge in [0, 0.05) is 29.5 Å². The molecule has 0 aliphatic heterocycles. The van der Waals surface area contributed by atoms with Crippen LogP contribution in [0.1, 0.15) is 41.6 Å². The van der Waals surface area contributed by atoms with E-state index in [0.29, 0.717) is 24.2 Å². The number of halogens is 1. The number of aromatic nitrogens is 1. The zero-order chi connectivity index (χ0) is 17.9. The average Bonchev–Trinajstić information content (AvgIpc) is 2.83. The van der Waals surface area contributed by atoms with Crippen LogP contribution in [0.4, 0.5) is 0 Å². The molecule has 130 valence electrons. The maximum Gasteiger partial charge on any atom is 0.255 e. The van der Waals surface area contributed by atoms with Crippen LogP contribution in [-0.2, 0) is 0 Å². The van der Waals surface area contributed by atoms with E-state index in [-0.39, 0.29) is 5.91 Å². The van der Waals surface area contributed by atoms with Crippen molar-refractivity contribution >= 4 is 17.5 Å². The molecule has 0 saturated heterocycles. The van der Waals surface area contributed by atoms with Crippen molar-refractivity contribution in [3.8, 4) is 5.75 Å². The molecule has 2 rings (SSSR count). The first-order valence-electron chi connectivity index (χ1n) is 8.13. The van der Waals surface area contributed by atoms with E-state index in [2.05, 4.69) is 18.4 Å². The van der Waals surface area contributed by atoms with Crippen LogP contribution in [0.3, 0.4) is 0 Å². The van der Waals surface area contributed by atoms with Crippen molar-refractivity contribution in [1.82, 2.24) is 9.47 Å². The third-order valence-electron chi connectivity index (χ3n) is 4.09. The molecule has 0 fully saturated rings. The predicted molar refractivity (Wildman–Crippen MR) is 98.2 cm³/mol. The van der Waals surface area contributed by atoms with Crippen LogP contribution in [0.5, 0.6) is 5.75 Å². The Labute approximate surface area is 149 Å². The van der Waals surface area contributed by atoms with Gasteiger partial charge in [0.2, 0.25) is 0 Å². The molecule has 0 atom stereocenters. The topological polar surface area (TPSA) is 34.5 Å². The van der Waals surface area contributed by atoms with Crippen LogP contribution in [0.2, 0.25) is 5.02 Å². The highest BCUT2D eigenvalue weighted by Crippen LogP contribution is 2.21. The highest BCUT2D eigenvalue weighted by molar-refractivity contribution is 6.30. The fraction of sp³-hybridized carbons (Fsp3) is 0.421. The van der Waals surface area contributed by atoms with E-state index in [1.807, 2.05) is 32.0 Å². The van der Waals surface area contributed by atoms with Crippen molar-refractivity contribution in [2.24, 2.45) is 0 Å². The lowest BCUT2D eigenvalue weighted by Gasteiger charge is -2.18. The molecule has 4 nitrogen and oxygen atoms in total. The van der Waals surface area contributed by atoms with Gasteiger partial charge in [-0.1, -0.05) is 11.6 Å². The van der Waals surface area contributed by atoms with E-state index in [1.54, 1.807) is 24.1 Å². The number of ether oxygens (including phenoxy) is 1. The van der Waals surface area contributed by atoms with Crippen molar-refractivity contribution in [3.63, 3.8) is 0 Å². The zero-order valence-electron chi connectivity index (χ0n) is 15.0. The molecule has 0 aliphatic rings. The van der Waals surface area contributed by atoms with Gasteiger partial charge in [0.15, 0.2) is 0 Å². The summed E-state index contributed by atoms with van der Waals surface area (Å²) in [7, 11) is 1.80. The minimum atomic E-state index is 0.0229. The fourth-order valence-corrected chi connectivity index (χ4v) is 3.05. The predicted octanol–water partition coefficient (Wildman–Crippen LogP) is 4.49. The molecule has 0 aliphatic carbocycles. The molecule has 1 heterocycles. The summed E-state index contributed by atoms with van der Waals surface area (Å²) in [5, 5.41) is 0.676. The number of carbonyl (C=O) groups excluding carboxylic acids is 1. The monoisotopic (exact) mass is 348 g/mol.